The molecule has 1 heterocycles. The van der Waals surface area contributed by atoms with Crippen LogP contribution in [0.15, 0.2) is 30.5 Å². The third-order valence-corrected chi connectivity index (χ3v) is 4.23. The zero-order valence-electron chi connectivity index (χ0n) is 13.1. The van der Waals surface area contributed by atoms with Crippen LogP contribution < -0.4 is 10.1 Å². The van der Waals surface area contributed by atoms with E-state index in [0.717, 1.165) is 30.1 Å². The first-order valence-corrected chi connectivity index (χ1v) is 8.37. The van der Waals surface area contributed by atoms with E-state index in [1.54, 1.807) is 11.3 Å². The Bertz CT molecular complexity index is 551. The van der Waals surface area contributed by atoms with Gasteiger partial charge in [-0.2, -0.15) is 0 Å². The van der Waals surface area contributed by atoms with E-state index in [1.807, 2.05) is 18.3 Å². The summed E-state index contributed by atoms with van der Waals surface area (Å²) in [5, 5.41) is 4.55. The highest BCUT2D eigenvalue weighted by Crippen LogP contribution is 2.16. The Morgan fingerprint density at radius 2 is 2.19 bits per heavy atom. The number of thiazole rings is 1. The first kappa shape index (κ1) is 16.0. The molecule has 0 spiro atoms. The van der Waals surface area contributed by atoms with Gasteiger partial charge in [-0.25, -0.2) is 4.98 Å². The van der Waals surface area contributed by atoms with Crippen LogP contribution in [-0.2, 0) is 19.4 Å². The summed E-state index contributed by atoms with van der Waals surface area (Å²) in [4.78, 5) is 5.74. The molecule has 4 heteroatoms. The fourth-order valence-electron chi connectivity index (χ4n) is 1.96. The lowest BCUT2D eigenvalue weighted by atomic mass is 10.2. The van der Waals surface area contributed by atoms with E-state index in [2.05, 4.69) is 43.2 Å². The molecule has 0 atom stereocenters. The Morgan fingerprint density at radius 1 is 1.33 bits per heavy atom. The van der Waals surface area contributed by atoms with Gasteiger partial charge in [-0.1, -0.05) is 32.9 Å². The molecule has 0 saturated heterocycles. The lowest BCUT2D eigenvalue weighted by Crippen LogP contribution is -2.21. The molecule has 1 aromatic heterocycles. The fourth-order valence-corrected chi connectivity index (χ4v) is 2.82. The van der Waals surface area contributed by atoms with Gasteiger partial charge in [-0.15, -0.1) is 11.3 Å². The van der Waals surface area contributed by atoms with Crippen molar-refractivity contribution >= 4 is 11.3 Å². The predicted octanol–water partition coefficient (Wildman–Crippen LogP) is 3.83. The minimum atomic E-state index is 0.504. The Balaban J connectivity index is 1.77. The summed E-state index contributed by atoms with van der Waals surface area (Å²) >= 11 is 1.76. The molecular formula is C17H24N2OS. The number of nitrogens with one attached hydrogen (secondary N) is 1. The largest absolute Gasteiger partial charge is 0.493 e. The highest BCUT2D eigenvalue weighted by Gasteiger charge is 2.03. The molecule has 0 aliphatic heterocycles. The van der Waals surface area contributed by atoms with Gasteiger partial charge in [0.25, 0.3) is 0 Å². The average molecular weight is 304 g/mol. The molecule has 0 amide bonds. The SMILES string of the molecule is CCc1cccc(OCCc2ncc(CNC(C)C)s2)c1. The molecule has 21 heavy (non-hydrogen) atoms. The molecule has 2 rings (SSSR count). The molecule has 0 unspecified atom stereocenters. The van der Waals surface area contributed by atoms with E-state index in [4.69, 9.17) is 4.74 Å². The number of aromatic nitrogens is 1. The topological polar surface area (TPSA) is 34.1 Å². The van der Waals surface area contributed by atoms with Gasteiger partial charge in [-0.3, -0.25) is 0 Å². The van der Waals surface area contributed by atoms with E-state index in [-0.39, 0.29) is 0 Å². The zero-order valence-corrected chi connectivity index (χ0v) is 13.9. The first-order valence-electron chi connectivity index (χ1n) is 7.56. The van der Waals surface area contributed by atoms with Gasteiger partial charge < -0.3 is 10.1 Å². The summed E-state index contributed by atoms with van der Waals surface area (Å²) in [6.07, 6.45) is 3.87. The van der Waals surface area contributed by atoms with Gasteiger partial charge in [0.1, 0.15) is 5.75 Å². The minimum absolute atomic E-state index is 0.504. The lowest BCUT2D eigenvalue weighted by molar-refractivity contribution is 0.321. The second-order valence-corrected chi connectivity index (χ2v) is 6.56. The van der Waals surface area contributed by atoms with Gasteiger partial charge in [0.05, 0.1) is 11.6 Å². The van der Waals surface area contributed by atoms with E-state index in [0.29, 0.717) is 12.6 Å². The van der Waals surface area contributed by atoms with Crippen molar-refractivity contribution in [3.63, 3.8) is 0 Å². The van der Waals surface area contributed by atoms with Crippen LogP contribution in [0.1, 0.15) is 36.2 Å². The van der Waals surface area contributed by atoms with Crippen LogP contribution in [0.5, 0.6) is 5.75 Å². The van der Waals surface area contributed by atoms with Gasteiger partial charge in [0.2, 0.25) is 0 Å². The number of ether oxygens (including phenoxy) is 1. The first-order chi connectivity index (χ1) is 10.2. The molecule has 0 aliphatic carbocycles. The predicted molar refractivity (Wildman–Crippen MR) is 89.1 cm³/mol. The Hall–Kier alpha value is -1.39. The van der Waals surface area contributed by atoms with Crippen LogP contribution in [0, 0.1) is 0 Å². The molecule has 2 aromatic rings. The molecule has 0 saturated carbocycles. The van der Waals surface area contributed by atoms with Gasteiger partial charge in [0.15, 0.2) is 0 Å². The fraction of sp³-hybridized carbons (Fsp3) is 0.471. The third-order valence-electron chi connectivity index (χ3n) is 3.18. The summed E-state index contributed by atoms with van der Waals surface area (Å²) in [7, 11) is 0. The smallest absolute Gasteiger partial charge is 0.119 e. The molecule has 0 radical (unpaired) electrons. The summed E-state index contributed by atoms with van der Waals surface area (Å²) < 4.78 is 5.81. The van der Waals surface area contributed by atoms with Crippen LogP contribution in [0.25, 0.3) is 0 Å². The maximum absolute atomic E-state index is 5.81. The number of hydrogen-bond donors (Lipinski definition) is 1. The van der Waals surface area contributed by atoms with E-state index in [1.165, 1.54) is 10.4 Å². The number of hydrogen-bond acceptors (Lipinski definition) is 4. The summed E-state index contributed by atoms with van der Waals surface area (Å²) in [5.41, 5.74) is 1.31. The number of nitrogens with zero attached hydrogens (tertiary/aromatic N) is 1. The van der Waals surface area contributed by atoms with E-state index < -0.39 is 0 Å². The average Bonchev–Trinajstić information content (AvgIpc) is 2.93. The molecule has 114 valence electrons. The third kappa shape index (κ3) is 5.48. The van der Waals surface area contributed by atoms with Gasteiger partial charge in [0, 0.05) is 30.1 Å². The zero-order chi connectivity index (χ0) is 15.1. The monoisotopic (exact) mass is 304 g/mol. The molecule has 1 aromatic carbocycles. The van der Waals surface area contributed by atoms with Crippen molar-refractivity contribution in [2.45, 2.75) is 46.2 Å². The summed E-state index contributed by atoms with van der Waals surface area (Å²) in [6, 6.07) is 8.80. The summed E-state index contributed by atoms with van der Waals surface area (Å²) in [5.74, 6) is 0.951. The maximum atomic E-state index is 5.81. The van der Waals surface area contributed by atoms with Crippen molar-refractivity contribution in [2.24, 2.45) is 0 Å². The van der Waals surface area contributed by atoms with Crippen LogP contribution in [-0.4, -0.2) is 17.6 Å². The molecule has 1 N–H and O–H groups in total. The highest BCUT2D eigenvalue weighted by molar-refractivity contribution is 7.11. The summed E-state index contributed by atoms with van der Waals surface area (Å²) in [6.45, 7) is 8.04. The van der Waals surface area contributed by atoms with Crippen LogP contribution in [0.4, 0.5) is 0 Å². The normalized spacial score (nSPS) is 11.0. The molecule has 0 aliphatic rings. The number of rotatable bonds is 8. The second kappa shape index (κ2) is 8.15. The van der Waals surface area contributed by atoms with Crippen molar-refractivity contribution in [1.82, 2.24) is 10.3 Å². The van der Waals surface area contributed by atoms with E-state index >= 15 is 0 Å². The Kier molecular flexibility index (Phi) is 6.21. The van der Waals surface area contributed by atoms with Crippen molar-refractivity contribution in [2.75, 3.05) is 6.61 Å². The van der Waals surface area contributed by atoms with Crippen LogP contribution in [0.3, 0.4) is 0 Å². The van der Waals surface area contributed by atoms with Crippen molar-refractivity contribution in [1.29, 1.82) is 0 Å². The maximum Gasteiger partial charge on any atom is 0.119 e. The van der Waals surface area contributed by atoms with Gasteiger partial charge >= 0.3 is 0 Å². The molecule has 0 fully saturated rings. The van der Waals surface area contributed by atoms with Crippen LogP contribution in [0.2, 0.25) is 0 Å². The Morgan fingerprint density at radius 3 is 2.95 bits per heavy atom. The minimum Gasteiger partial charge on any atom is -0.493 e. The Labute approximate surface area is 131 Å². The molecular weight excluding hydrogens is 280 g/mol. The number of benzene rings is 1. The highest BCUT2D eigenvalue weighted by atomic mass is 32.1. The molecule has 0 bridgehead atoms. The van der Waals surface area contributed by atoms with E-state index in [9.17, 15) is 0 Å². The van der Waals surface area contributed by atoms with Crippen molar-refractivity contribution in [3.05, 3.63) is 45.9 Å². The number of aryl methyl sites for hydroxylation is 1. The van der Waals surface area contributed by atoms with Crippen molar-refractivity contribution in [3.8, 4) is 5.75 Å². The lowest BCUT2D eigenvalue weighted by Gasteiger charge is -2.06. The second-order valence-electron chi connectivity index (χ2n) is 5.36. The van der Waals surface area contributed by atoms with Crippen molar-refractivity contribution < 1.29 is 4.74 Å². The van der Waals surface area contributed by atoms with Crippen LogP contribution >= 0.6 is 11.3 Å². The standard InChI is InChI=1S/C17H24N2OS/c1-4-14-6-5-7-15(10-14)20-9-8-17-19-12-16(21-17)11-18-13(2)3/h5-7,10,12-13,18H,4,8-9,11H2,1-3H3. The molecule has 3 nitrogen and oxygen atoms in total. The quantitative estimate of drug-likeness (QED) is 0.805. The van der Waals surface area contributed by atoms with Gasteiger partial charge in [-0.05, 0) is 24.1 Å².